The van der Waals surface area contributed by atoms with Gasteiger partial charge < -0.3 is 9.88 Å². The third-order valence-electron chi connectivity index (χ3n) is 2.75. The fourth-order valence-corrected chi connectivity index (χ4v) is 2.08. The Bertz CT molecular complexity index is 696. The van der Waals surface area contributed by atoms with E-state index in [1.165, 1.54) is 0 Å². The van der Waals surface area contributed by atoms with Crippen molar-refractivity contribution in [1.29, 1.82) is 0 Å². The van der Waals surface area contributed by atoms with E-state index in [4.69, 9.17) is 11.6 Å². The smallest absolute Gasteiger partial charge is 0.225 e. The highest BCUT2D eigenvalue weighted by Crippen LogP contribution is 2.23. The van der Waals surface area contributed by atoms with Crippen molar-refractivity contribution in [2.24, 2.45) is 0 Å². The quantitative estimate of drug-likeness (QED) is 0.740. The van der Waals surface area contributed by atoms with Crippen LogP contribution in [-0.4, -0.2) is 32.2 Å². The number of nitrogens with zero attached hydrogens (tertiary/aromatic N) is 5. The van der Waals surface area contributed by atoms with Gasteiger partial charge >= 0.3 is 0 Å². The van der Waals surface area contributed by atoms with Crippen molar-refractivity contribution in [3.63, 3.8) is 0 Å². The fraction of sp³-hybridized carbons (Fsp3) is 0.167. The molecule has 0 atom stereocenters. The van der Waals surface area contributed by atoms with Crippen LogP contribution in [0.3, 0.4) is 0 Å². The number of anilines is 1. The molecule has 0 fully saturated rings. The summed E-state index contributed by atoms with van der Waals surface area (Å²) in [6.45, 7) is 0.593. The minimum absolute atomic E-state index is 0.230. The van der Waals surface area contributed by atoms with Crippen molar-refractivity contribution in [3.8, 4) is 0 Å². The van der Waals surface area contributed by atoms with Gasteiger partial charge in [0.05, 0.1) is 17.8 Å². The molecule has 7 heteroatoms. The number of hydrogen-bond donors (Lipinski definition) is 1. The van der Waals surface area contributed by atoms with E-state index in [0.717, 1.165) is 22.5 Å². The molecule has 0 spiro atoms. The monoisotopic (exact) mass is 274 g/mol. The number of nitrogens with one attached hydrogen (secondary N) is 1. The minimum Gasteiger partial charge on any atom is -0.357 e. The minimum atomic E-state index is 0.230. The molecule has 0 aromatic carbocycles. The Kier molecular flexibility index (Phi) is 3.00. The van der Waals surface area contributed by atoms with Crippen LogP contribution >= 0.6 is 11.6 Å². The van der Waals surface area contributed by atoms with Crippen LogP contribution in [-0.2, 0) is 6.54 Å². The van der Waals surface area contributed by atoms with E-state index >= 15 is 0 Å². The lowest BCUT2D eigenvalue weighted by Crippen LogP contribution is -2.19. The van der Waals surface area contributed by atoms with Crippen LogP contribution in [0.1, 0.15) is 5.69 Å². The molecule has 0 aliphatic heterocycles. The number of rotatable bonds is 3. The summed E-state index contributed by atoms with van der Waals surface area (Å²) < 4.78 is 0. The molecule has 0 saturated carbocycles. The molecule has 3 heterocycles. The average Bonchev–Trinajstić information content (AvgIpc) is 2.86. The Balaban J connectivity index is 1.97. The summed E-state index contributed by atoms with van der Waals surface area (Å²) in [5.41, 5.74) is 2.51. The molecule has 3 aromatic rings. The molecule has 0 radical (unpaired) electrons. The zero-order valence-electron chi connectivity index (χ0n) is 10.2. The third-order valence-corrected chi connectivity index (χ3v) is 2.92. The van der Waals surface area contributed by atoms with Gasteiger partial charge in [0.2, 0.25) is 5.28 Å². The van der Waals surface area contributed by atoms with Gasteiger partial charge in [0, 0.05) is 19.4 Å². The SMILES string of the molecule is CN(Cc1cccnn1)c1nc(Cl)nc2cc[nH]c12. The van der Waals surface area contributed by atoms with E-state index in [-0.39, 0.29) is 5.28 Å². The second-order valence-corrected chi connectivity index (χ2v) is 4.46. The zero-order valence-corrected chi connectivity index (χ0v) is 11.0. The molecule has 0 aliphatic rings. The van der Waals surface area contributed by atoms with Crippen molar-refractivity contribution in [1.82, 2.24) is 25.1 Å². The van der Waals surface area contributed by atoms with Gasteiger partial charge in [0.15, 0.2) is 5.82 Å². The Labute approximate surface area is 114 Å². The van der Waals surface area contributed by atoms with Crippen molar-refractivity contribution in [2.45, 2.75) is 6.54 Å². The van der Waals surface area contributed by atoms with Gasteiger partial charge in [-0.25, -0.2) is 4.98 Å². The summed E-state index contributed by atoms with van der Waals surface area (Å²) in [7, 11) is 1.92. The van der Waals surface area contributed by atoms with Crippen molar-refractivity contribution >= 4 is 28.5 Å². The second-order valence-electron chi connectivity index (χ2n) is 4.13. The Hall–Kier alpha value is -2.21. The largest absolute Gasteiger partial charge is 0.357 e. The molecule has 0 bridgehead atoms. The van der Waals surface area contributed by atoms with Crippen LogP contribution in [0.25, 0.3) is 11.0 Å². The van der Waals surface area contributed by atoms with Crippen LogP contribution in [0.2, 0.25) is 5.28 Å². The Morgan fingerprint density at radius 3 is 3.00 bits per heavy atom. The molecule has 0 aliphatic carbocycles. The first-order chi connectivity index (χ1) is 9.24. The van der Waals surface area contributed by atoms with E-state index in [2.05, 4.69) is 25.1 Å². The first kappa shape index (κ1) is 11.9. The highest BCUT2D eigenvalue weighted by molar-refractivity contribution is 6.28. The average molecular weight is 275 g/mol. The number of halogens is 1. The highest BCUT2D eigenvalue weighted by atomic mass is 35.5. The van der Waals surface area contributed by atoms with Gasteiger partial charge in [-0.1, -0.05) is 0 Å². The van der Waals surface area contributed by atoms with Crippen molar-refractivity contribution < 1.29 is 0 Å². The zero-order chi connectivity index (χ0) is 13.2. The summed E-state index contributed by atoms with van der Waals surface area (Å²) in [6.07, 6.45) is 3.46. The Morgan fingerprint density at radius 1 is 1.32 bits per heavy atom. The molecule has 0 unspecified atom stereocenters. The lowest BCUT2D eigenvalue weighted by molar-refractivity contribution is 0.830. The molecule has 0 saturated heterocycles. The van der Waals surface area contributed by atoms with Gasteiger partial charge in [-0.05, 0) is 29.8 Å². The number of H-pyrrole nitrogens is 1. The normalized spacial score (nSPS) is 10.8. The standard InChI is InChI=1S/C12H11ClN6/c1-19(7-8-3-2-5-15-18-8)11-10-9(4-6-14-10)16-12(13)17-11/h2-6,14H,7H2,1H3. The van der Waals surface area contributed by atoms with E-state index in [0.29, 0.717) is 6.54 Å². The van der Waals surface area contributed by atoms with E-state index in [9.17, 15) is 0 Å². The summed E-state index contributed by atoms with van der Waals surface area (Å²) in [5.74, 6) is 0.741. The molecule has 3 rings (SSSR count). The molecular formula is C12H11ClN6. The number of fused-ring (bicyclic) bond motifs is 1. The summed E-state index contributed by atoms with van der Waals surface area (Å²) >= 11 is 5.94. The van der Waals surface area contributed by atoms with Crippen LogP contribution in [0.4, 0.5) is 5.82 Å². The van der Waals surface area contributed by atoms with Gasteiger partial charge in [0.25, 0.3) is 0 Å². The van der Waals surface area contributed by atoms with Gasteiger partial charge in [-0.3, -0.25) is 0 Å². The number of hydrogen-bond acceptors (Lipinski definition) is 5. The van der Waals surface area contributed by atoms with Crippen LogP contribution < -0.4 is 4.90 Å². The predicted molar refractivity (Wildman–Crippen MR) is 73.0 cm³/mol. The van der Waals surface area contributed by atoms with Crippen LogP contribution in [0.5, 0.6) is 0 Å². The molecule has 6 nitrogen and oxygen atoms in total. The predicted octanol–water partition coefficient (Wildman–Crippen LogP) is 2.04. The van der Waals surface area contributed by atoms with Gasteiger partial charge in [-0.2, -0.15) is 15.2 Å². The van der Waals surface area contributed by atoms with E-state index < -0.39 is 0 Å². The summed E-state index contributed by atoms with van der Waals surface area (Å²) in [6, 6.07) is 5.63. The molecule has 3 aromatic heterocycles. The molecular weight excluding hydrogens is 264 g/mol. The molecule has 96 valence electrons. The Morgan fingerprint density at radius 2 is 2.21 bits per heavy atom. The molecule has 1 N–H and O–H groups in total. The number of aromatic nitrogens is 5. The first-order valence-corrected chi connectivity index (χ1v) is 6.10. The highest BCUT2D eigenvalue weighted by Gasteiger charge is 2.12. The fourth-order valence-electron chi connectivity index (χ4n) is 1.91. The van der Waals surface area contributed by atoms with E-state index in [1.807, 2.05) is 36.3 Å². The lowest BCUT2D eigenvalue weighted by Gasteiger charge is -2.18. The molecule has 0 amide bonds. The maximum atomic E-state index is 5.94. The third kappa shape index (κ3) is 2.34. The van der Waals surface area contributed by atoms with Crippen molar-refractivity contribution in [2.75, 3.05) is 11.9 Å². The number of aromatic amines is 1. The maximum Gasteiger partial charge on any atom is 0.225 e. The van der Waals surface area contributed by atoms with Crippen LogP contribution in [0, 0.1) is 0 Å². The van der Waals surface area contributed by atoms with Crippen LogP contribution in [0.15, 0.2) is 30.6 Å². The van der Waals surface area contributed by atoms with E-state index in [1.54, 1.807) is 6.20 Å². The van der Waals surface area contributed by atoms with Gasteiger partial charge in [0.1, 0.15) is 5.52 Å². The molecule has 19 heavy (non-hydrogen) atoms. The van der Waals surface area contributed by atoms with Crippen molar-refractivity contribution in [3.05, 3.63) is 41.6 Å². The van der Waals surface area contributed by atoms with Gasteiger partial charge in [-0.15, -0.1) is 0 Å². The maximum absolute atomic E-state index is 5.94. The summed E-state index contributed by atoms with van der Waals surface area (Å²) in [4.78, 5) is 13.5. The lowest BCUT2D eigenvalue weighted by atomic mass is 10.3. The second kappa shape index (κ2) is 4.81. The topological polar surface area (TPSA) is 70.6 Å². The summed E-state index contributed by atoms with van der Waals surface area (Å²) in [5, 5.41) is 8.14. The first-order valence-electron chi connectivity index (χ1n) is 5.72.